The number of hydrogen-bond acceptors (Lipinski definition) is 5. The highest BCUT2D eigenvalue weighted by atomic mass is 79.9. The van der Waals surface area contributed by atoms with Crippen LogP contribution in [0.5, 0.6) is 11.5 Å². The second-order valence-corrected chi connectivity index (χ2v) is 7.15. The van der Waals surface area contributed by atoms with Crippen molar-refractivity contribution < 1.29 is 24.2 Å². The van der Waals surface area contributed by atoms with Crippen LogP contribution in [0.15, 0.2) is 40.9 Å². The summed E-state index contributed by atoms with van der Waals surface area (Å²) in [6.07, 6.45) is -0.342. The molecule has 4 rings (SSSR count). The number of fused-ring (bicyclic) bond motifs is 2. The van der Waals surface area contributed by atoms with E-state index in [2.05, 4.69) is 15.9 Å². The molecule has 0 unspecified atom stereocenters. The summed E-state index contributed by atoms with van der Waals surface area (Å²) < 4.78 is 11.3. The van der Waals surface area contributed by atoms with Crippen molar-refractivity contribution in [3.63, 3.8) is 0 Å². The highest BCUT2D eigenvalue weighted by Gasteiger charge is 2.50. The van der Waals surface area contributed by atoms with E-state index in [-0.39, 0.29) is 19.0 Å². The van der Waals surface area contributed by atoms with Gasteiger partial charge in [-0.2, -0.15) is 0 Å². The highest BCUT2D eigenvalue weighted by Crippen LogP contribution is 2.44. The van der Waals surface area contributed by atoms with Gasteiger partial charge < -0.3 is 19.5 Å². The fraction of sp³-hybridized carbons (Fsp3) is 0.263. The van der Waals surface area contributed by atoms with Gasteiger partial charge in [-0.05, 0) is 43.3 Å². The minimum Gasteiger partial charge on any atom is -0.454 e. The van der Waals surface area contributed by atoms with Crippen molar-refractivity contribution in [3.8, 4) is 11.5 Å². The average molecular weight is 418 g/mol. The van der Waals surface area contributed by atoms with Crippen LogP contribution in [0.3, 0.4) is 0 Å². The van der Waals surface area contributed by atoms with Crippen LogP contribution in [0.4, 0.5) is 5.69 Å². The van der Waals surface area contributed by atoms with Gasteiger partial charge in [-0.15, -0.1) is 0 Å². The number of anilines is 1. The van der Waals surface area contributed by atoms with Crippen molar-refractivity contribution in [1.29, 1.82) is 0 Å². The molecule has 26 heavy (non-hydrogen) atoms. The Morgan fingerprint density at radius 3 is 2.77 bits per heavy atom. The molecule has 134 valence electrons. The number of aliphatic hydroxyl groups is 1. The topological polar surface area (TPSA) is 76.1 Å². The molecule has 0 aromatic heterocycles. The van der Waals surface area contributed by atoms with Gasteiger partial charge in [0.25, 0.3) is 5.91 Å². The van der Waals surface area contributed by atoms with Crippen LogP contribution in [0.1, 0.15) is 29.3 Å². The van der Waals surface area contributed by atoms with E-state index in [0.717, 1.165) is 4.47 Å². The number of hydrogen-bond donors (Lipinski definition) is 1. The average Bonchev–Trinajstić information content (AvgIpc) is 3.17. The molecule has 6 nitrogen and oxygen atoms in total. The summed E-state index contributed by atoms with van der Waals surface area (Å²) in [7, 11) is 0. The number of carbonyl (C=O) groups is 2. The number of halogens is 1. The lowest BCUT2D eigenvalue weighted by Gasteiger charge is -2.22. The van der Waals surface area contributed by atoms with Crippen LogP contribution in [0, 0.1) is 0 Å². The van der Waals surface area contributed by atoms with Crippen molar-refractivity contribution >= 4 is 33.3 Å². The first-order chi connectivity index (χ1) is 12.4. The molecule has 0 fully saturated rings. The number of nitrogens with zero attached hydrogens (tertiary/aromatic N) is 1. The van der Waals surface area contributed by atoms with Crippen molar-refractivity contribution in [3.05, 3.63) is 52.0 Å². The molecule has 2 aliphatic rings. The van der Waals surface area contributed by atoms with E-state index in [0.29, 0.717) is 34.9 Å². The molecule has 2 heterocycles. The summed E-state index contributed by atoms with van der Waals surface area (Å²) >= 11 is 3.37. The quantitative estimate of drug-likeness (QED) is 0.773. The molecule has 0 radical (unpaired) electrons. The molecule has 7 heteroatoms. The van der Waals surface area contributed by atoms with E-state index < -0.39 is 11.5 Å². The minimum atomic E-state index is -1.89. The van der Waals surface area contributed by atoms with E-state index in [1.54, 1.807) is 36.4 Å². The van der Waals surface area contributed by atoms with Crippen LogP contribution in [-0.2, 0) is 10.4 Å². The van der Waals surface area contributed by atoms with Gasteiger partial charge >= 0.3 is 0 Å². The van der Waals surface area contributed by atoms with Crippen LogP contribution in [-0.4, -0.2) is 30.1 Å². The molecular weight excluding hydrogens is 402 g/mol. The molecule has 0 saturated heterocycles. The van der Waals surface area contributed by atoms with Gasteiger partial charge in [-0.25, -0.2) is 0 Å². The maximum Gasteiger partial charge on any atom is 0.264 e. The Hall–Kier alpha value is -2.38. The highest BCUT2D eigenvalue weighted by molar-refractivity contribution is 9.10. The normalized spacial score (nSPS) is 20.4. The van der Waals surface area contributed by atoms with E-state index in [9.17, 15) is 14.7 Å². The number of amides is 1. The molecule has 1 atom stereocenters. The lowest BCUT2D eigenvalue weighted by atomic mass is 9.88. The predicted octanol–water partition coefficient (Wildman–Crippen LogP) is 3.00. The first kappa shape index (κ1) is 17.1. The molecule has 0 aliphatic carbocycles. The maximum absolute atomic E-state index is 12.8. The summed E-state index contributed by atoms with van der Waals surface area (Å²) in [5.41, 5.74) is -0.459. The predicted molar refractivity (Wildman–Crippen MR) is 97.6 cm³/mol. The lowest BCUT2D eigenvalue weighted by molar-refractivity contribution is -0.135. The van der Waals surface area contributed by atoms with Crippen LogP contribution in [0.2, 0.25) is 0 Å². The number of ether oxygens (including phenoxy) is 2. The Bertz CT molecular complexity index is 928. The van der Waals surface area contributed by atoms with Crippen LogP contribution >= 0.6 is 15.9 Å². The molecule has 2 aromatic rings. The van der Waals surface area contributed by atoms with E-state index in [1.165, 1.54) is 4.90 Å². The molecular formula is C19H16BrNO5. The van der Waals surface area contributed by atoms with Gasteiger partial charge in [0.2, 0.25) is 6.79 Å². The number of rotatable bonds is 4. The molecule has 0 saturated carbocycles. The molecule has 2 aromatic carbocycles. The van der Waals surface area contributed by atoms with Gasteiger partial charge in [0, 0.05) is 22.1 Å². The standard InChI is InChI=1S/C19H16BrNO5/c1-2-21-14-5-4-12(20)8-13(14)19(24,18(21)23)9-15(22)11-3-6-16-17(7-11)26-10-25-16/h3-8,24H,2,9-10H2,1H3/t19-/m0/s1. The smallest absolute Gasteiger partial charge is 0.264 e. The van der Waals surface area contributed by atoms with Gasteiger partial charge in [0.15, 0.2) is 22.9 Å². The first-order valence-corrected chi connectivity index (χ1v) is 9.00. The number of benzene rings is 2. The van der Waals surface area contributed by atoms with Crippen LogP contribution < -0.4 is 14.4 Å². The van der Waals surface area contributed by atoms with Gasteiger partial charge in [0.1, 0.15) is 0 Å². The third-order valence-electron chi connectivity index (χ3n) is 4.72. The van der Waals surface area contributed by atoms with Crippen molar-refractivity contribution in [1.82, 2.24) is 0 Å². The van der Waals surface area contributed by atoms with Gasteiger partial charge in [0.05, 0.1) is 12.1 Å². The molecule has 1 amide bonds. The Morgan fingerprint density at radius 2 is 2.00 bits per heavy atom. The largest absolute Gasteiger partial charge is 0.454 e. The summed E-state index contributed by atoms with van der Waals surface area (Å²) in [5.74, 6) is 0.229. The number of carbonyl (C=O) groups excluding carboxylic acids is 2. The van der Waals surface area contributed by atoms with Crippen molar-refractivity contribution in [2.24, 2.45) is 0 Å². The molecule has 1 N–H and O–H groups in total. The van der Waals surface area contributed by atoms with Gasteiger partial charge in [-0.3, -0.25) is 9.59 Å². The molecule has 0 spiro atoms. The zero-order valence-corrected chi connectivity index (χ0v) is 15.6. The summed E-state index contributed by atoms with van der Waals surface area (Å²) in [5, 5.41) is 11.2. The number of likely N-dealkylation sites (N-methyl/N-ethyl adjacent to an activating group) is 1. The Balaban J connectivity index is 1.70. The Morgan fingerprint density at radius 1 is 1.23 bits per heavy atom. The zero-order valence-electron chi connectivity index (χ0n) is 14.0. The fourth-order valence-electron chi connectivity index (χ4n) is 3.41. The Kier molecular flexibility index (Phi) is 4.00. The summed E-state index contributed by atoms with van der Waals surface area (Å²) in [6.45, 7) is 2.35. The van der Waals surface area contributed by atoms with E-state index >= 15 is 0 Å². The van der Waals surface area contributed by atoms with Gasteiger partial charge in [-0.1, -0.05) is 15.9 Å². The number of Topliss-reactive ketones (excluding diaryl/α,β-unsaturated/α-hetero) is 1. The summed E-state index contributed by atoms with van der Waals surface area (Å²) in [6, 6.07) is 10.1. The maximum atomic E-state index is 12.8. The SMILES string of the molecule is CCN1C(=O)[C@](O)(CC(=O)c2ccc3c(c2)OCO3)c2cc(Br)ccc21. The van der Waals surface area contributed by atoms with E-state index in [1.807, 2.05) is 6.92 Å². The first-order valence-electron chi connectivity index (χ1n) is 8.21. The van der Waals surface area contributed by atoms with Crippen molar-refractivity contribution in [2.45, 2.75) is 18.9 Å². The Labute approximate surface area is 158 Å². The van der Waals surface area contributed by atoms with E-state index in [4.69, 9.17) is 9.47 Å². The lowest BCUT2D eigenvalue weighted by Crippen LogP contribution is -2.41. The van der Waals surface area contributed by atoms with Crippen molar-refractivity contribution in [2.75, 3.05) is 18.2 Å². The third-order valence-corrected chi connectivity index (χ3v) is 5.21. The monoisotopic (exact) mass is 417 g/mol. The number of ketones is 1. The second-order valence-electron chi connectivity index (χ2n) is 6.24. The van der Waals surface area contributed by atoms with Crippen LogP contribution in [0.25, 0.3) is 0 Å². The second kappa shape index (κ2) is 6.10. The molecule has 2 aliphatic heterocycles. The summed E-state index contributed by atoms with van der Waals surface area (Å²) in [4.78, 5) is 27.1. The fourth-order valence-corrected chi connectivity index (χ4v) is 3.77. The zero-order chi connectivity index (χ0) is 18.5. The third kappa shape index (κ3) is 2.50. The minimum absolute atomic E-state index is 0.113. The molecule has 0 bridgehead atoms.